The van der Waals surface area contributed by atoms with Crippen LogP contribution in [0.3, 0.4) is 0 Å². The summed E-state index contributed by atoms with van der Waals surface area (Å²) in [5.74, 6) is 1.98. The zero-order valence-electron chi connectivity index (χ0n) is 12.8. The minimum atomic E-state index is 0.721. The van der Waals surface area contributed by atoms with Crippen LogP contribution in [-0.4, -0.2) is 50.7 Å². The SMILES string of the molecule is Nc1ccc2nnc(CN3CCN(c4ccccn4)CC3)n2c1. The molecule has 1 aliphatic rings. The first kappa shape index (κ1) is 14.0. The Morgan fingerprint density at radius 1 is 1.00 bits per heavy atom. The molecule has 1 fully saturated rings. The molecule has 0 unspecified atom stereocenters. The summed E-state index contributed by atoms with van der Waals surface area (Å²) < 4.78 is 1.97. The first-order valence-corrected chi connectivity index (χ1v) is 7.77. The largest absolute Gasteiger partial charge is 0.398 e. The lowest BCUT2D eigenvalue weighted by Gasteiger charge is -2.34. The molecule has 0 amide bonds. The second-order valence-electron chi connectivity index (χ2n) is 5.76. The summed E-state index contributed by atoms with van der Waals surface area (Å²) in [6.07, 6.45) is 3.73. The van der Waals surface area contributed by atoms with Crippen LogP contribution in [0.15, 0.2) is 42.7 Å². The predicted octanol–water partition coefficient (Wildman–Crippen LogP) is 1.03. The summed E-state index contributed by atoms with van der Waals surface area (Å²) in [5, 5.41) is 8.50. The number of pyridine rings is 2. The lowest BCUT2D eigenvalue weighted by molar-refractivity contribution is 0.243. The molecule has 0 atom stereocenters. The summed E-state index contributed by atoms with van der Waals surface area (Å²) >= 11 is 0. The van der Waals surface area contributed by atoms with Crippen LogP contribution < -0.4 is 10.6 Å². The predicted molar refractivity (Wildman–Crippen MR) is 89.1 cm³/mol. The Labute approximate surface area is 134 Å². The molecule has 7 heteroatoms. The summed E-state index contributed by atoms with van der Waals surface area (Å²) in [7, 11) is 0. The van der Waals surface area contributed by atoms with E-state index in [1.165, 1.54) is 0 Å². The minimum absolute atomic E-state index is 0.721. The van der Waals surface area contributed by atoms with Crippen molar-refractivity contribution in [1.29, 1.82) is 0 Å². The van der Waals surface area contributed by atoms with Crippen molar-refractivity contribution < 1.29 is 0 Å². The Hall–Kier alpha value is -2.67. The average molecular weight is 309 g/mol. The summed E-state index contributed by atoms with van der Waals surface area (Å²) in [4.78, 5) is 9.12. The maximum atomic E-state index is 5.86. The fraction of sp³-hybridized carbons (Fsp3) is 0.312. The second kappa shape index (κ2) is 5.85. The van der Waals surface area contributed by atoms with E-state index >= 15 is 0 Å². The first-order chi connectivity index (χ1) is 11.3. The standard InChI is InChI=1S/C16H19N7/c17-13-4-5-15-19-20-16(23(15)11-13)12-21-7-9-22(10-8-21)14-3-1-2-6-18-14/h1-6,11H,7-10,12,17H2. The van der Waals surface area contributed by atoms with Crippen LogP contribution in [0.25, 0.3) is 5.65 Å². The molecule has 2 N–H and O–H groups in total. The number of anilines is 2. The van der Waals surface area contributed by atoms with Gasteiger partial charge in [-0.3, -0.25) is 9.30 Å². The molecular formula is C16H19N7. The molecule has 0 bridgehead atoms. The Bertz CT molecular complexity index is 791. The highest BCUT2D eigenvalue weighted by Gasteiger charge is 2.19. The van der Waals surface area contributed by atoms with Gasteiger partial charge in [0.1, 0.15) is 5.82 Å². The van der Waals surface area contributed by atoms with Crippen molar-refractivity contribution in [3.63, 3.8) is 0 Å². The van der Waals surface area contributed by atoms with Crippen LogP contribution in [0.4, 0.5) is 11.5 Å². The number of hydrogen-bond donors (Lipinski definition) is 1. The van der Waals surface area contributed by atoms with Crippen LogP contribution in [0.5, 0.6) is 0 Å². The lowest BCUT2D eigenvalue weighted by Crippen LogP contribution is -2.46. The molecule has 0 saturated carbocycles. The van der Waals surface area contributed by atoms with Gasteiger partial charge in [0.25, 0.3) is 0 Å². The number of piperazine rings is 1. The van der Waals surface area contributed by atoms with Crippen LogP contribution in [0, 0.1) is 0 Å². The molecule has 7 nitrogen and oxygen atoms in total. The van der Waals surface area contributed by atoms with E-state index < -0.39 is 0 Å². The molecule has 118 valence electrons. The highest BCUT2D eigenvalue weighted by molar-refractivity contribution is 5.47. The van der Waals surface area contributed by atoms with Gasteiger partial charge in [0.2, 0.25) is 0 Å². The van der Waals surface area contributed by atoms with E-state index in [0.717, 1.165) is 55.7 Å². The average Bonchev–Trinajstić information content (AvgIpc) is 2.98. The number of nitrogens with two attached hydrogens (primary N) is 1. The van der Waals surface area contributed by atoms with Gasteiger partial charge in [-0.1, -0.05) is 6.07 Å². The van der Waals surface area contributed by atoms with Crippen molar-refractivity contribution in [3.05, 3.63) is 48.5 Å². The Morgan fingerprint density at radius 3 is 2.65 bits per heavy atom. The fourth-order valence-electron chi connectivity index (χ4n) is 2.94. The zero-order chi connectivity index (χ0) is 15.6. The molecular weight excluding hydrogens is 290 g/mol. The topological polar surface area (TPSA) is 75.6 Å². The minimum Gasteiger partial charge on any atom is -0.398 e. The van der Waals surface area contributed by atoms with Crippen LogP contribution in [-0.2, 0) is 6.54 Å². The van der Waals surface area contributed by atoms with Gasteiger partial charge in [-0.05, 0) is 24.3 Å². The molecule has 0 spiro atoms. The van der Waals surface area contributed by atoms with E-state index in [-0.39, 0.29) is 0 Å². The third-order valence-electron chi connectivity index (χ3n) is 4.21. The molecule has 0 aliphatic carbocycles. The number of nitrogen functional groups attached to an aromatic ring is 1. The Kier molecular flexibility index (Phi) is 3.55. The van der Waals surface area contributed by atoms with Gasteiger partial charge < -0.3 is 10.6 Å². The monoisotopic (exact) mass is 309 g/mol. The first-order valence-electron chi connectivity index (χ1n) is 7.77. The van der Waals surface area contributed by atoms with Crippen molar-refractivity contribution in [2.24, 2.45) is 0 Å². The third kappa shape index (κ3) is 2.83. The Balaban J connectivity index is 1.44. The van der Waals surface area contributed by atoms with Crippen LogP contribution in [0.2, 0.25) is 0 Å². The van der Waals surface area contributed by atoms with Crippen molar-refractivity contribution in [2.45, 2.75) is 6.54 Å². The van der Waals surface area contributed by atoms with Gasteiger partial charge in [-0.2, -0.15) is 0 Å². The lowest BCUT2D eigenvalue weighted by atomic mass is 10.3. The molecule has 4 heterocycles. The van der Waals surface area contributed by atoms with Crippen molar-refractivity contribution in [1.82, 2.24) is 24.5 Å². The molecule has 1 saturated heterocycles. The molecule has 3 aromatic rings. The number of nitrogens with zero attached hydrogens (tertiary/aromatic N) is 6. The quantitative estimate of drug-likeness (QED) is 0.779. The number of hydrogen-bond acceptors (Lipinski definition) is 6. The number of fused-ring (bicyclic) bond motifs is 1. The second-order valence-corrected chi connectivity index (χ2v) is 5.76. The highest BCUT2D eigenvalue weighted by Crippen LogP contribution is 2.15. The van der Waals surface area contributed by atoms with E-state index in [4.69, 9.17) is 5.73 Å². The van der Waals surface area contributed by atoms with E-state index in [1.807, 2.05) is 41.1 Å². The van der Waals surface area contributed by atoms with E-state index in [9.17, 15) is 0 Å². The smallest absolute Gasteiger partial charge is 0.160 e. The maximum absolute atomic E-state index is 5.86. The normalized spacial score (nSPS) is 16.1. The molecule has 0 radical (unpaired) electrons. The molecule has 0 aromatic carbocycles. The molecule has 1 aliphatic heterocycles. The van der Waals surface area contributed by atoms with Gasteiger partial charge in [-0.25, -0.2) is 4.98 Å². The van der Waals surface area contributed by atoms with Gasteiger partial charge in [-0.15, -0.1) is 10.2 Å². The summed E-state index contributed by atoms with van der Waals surface area (Å²) in [6.45, 7) is 4.67. The fourth-order valence-corrected chi connectivity index (χ4v) is 2.94. The molecule has 3 aromatic heterocycles. The van der Waals surface area contributed by atoms with Gasteiger partial charge >= 0.3 is 0 Å². The van der Waals surface area contributed by atoms with E-state index in [2.05, 4.69) is 31.0 Å². The van der Waals surface area contributed by atoms with Gasteiger partial charge in [0, 0.05) is 44.3 Å². The van der Waals surface area contributed by atoms with Gasteiger partial charge in [0.05, 0.1) is 6.54 Å². The Morgan fingerprint density at radius 2 is 1.87 bits per heavy atom. The van der Waals surface area contributed by atoms with E-state index in [0.29, 0.717) is 0 Å². The number of aromatic nitrogens is 4. The van der Waals surface area contributed by atoms with Crippen LogP contribution in [0.1, 0.15) is 5.82 Å². The molecule has 23 heavy (non-hydrogen) atoms. The summed E-state index contributed by atoms with van der Waals surface area (Å²) in [5.41, 5.74) is 7.42. The molecule has 4 rings (SSSR count). The maximum Gasteiger partial charge on any atom is 0.160 e. The van der Waals surface area contributed by atoms with E-state index in [1.54, 1.807) is 0 Å². The van der Waals surface area contributed by atoms with Crippen LogP contribution >= 0.6 is 0 Å². The van der Waals surface area contributed by atoms with Crippen molar-refractivity contribution in [3.8, 4) is 0 Å². The summed E-state index contributed by atoms with van der Waals surface area (Å²) in [6, 6.07) is 9.78. The number of rotatable bonds is 3. The van der Waals surface area contributed by atoms with Crippen molar-refractivity contribution in [2.75, 3.05) is 36.8 Å². The van der Waals surface area contributed by atoms with Crippen molar-refractivity contribution >= 4 is 17.2 Å². The third-order valence-corrected chi connectivity index (χ3v) is 4.21. The highest BCUT2D eigenvalue weighted by atomic mass is 15.3. The van der Waals surface area contributed by atoms with Gasteiger partial charge in [0.15, 0.2) is 11.5 Å². The zero-order valence-corrected chi connectivity index (χ0v) is 12.8.